The van der Waals surface area contributed by atoms with Gasteiger partial charge < -0.3 is 15.4 Å². The summed E-state index contributed by atoms with van der Waals surface area (Å²) >= 11 is 0. The van der Waals surface area contributed by atoms with Crippen molar-refractivity contribution in [3.05, 3.63) is 53.3 Å². The predicted molar refractivity (Wildman–Crippen MR) is 80.1 cm³/mol. The van der Waals surface area contributed by atoms with Crippen LogP contribution in [0.5, 0.6) is 11.5 Å². The van der Waals surface area contributed by atoms with Gasteiger partial charge in [0.05, 0.1) is 5.56 Å². The lowest BCUT2D eigenvalue weighted by molar-refractivity contribution is 0.0825. The van der Waals surface area contributed by atoms with E-state index in [1.165, 1.54) is 17.0 Å². The molecule has 0 aromatic heterocycles. The summed E-state index contributed by atoms with van der Waals surface area (Å²) in [5, 5.41) is 0. The van der Waals surface area contributed by atoms with Crippen molar-refractivity contribution in [2.45, 2.75) is 6.92 Å². The molecule has 0 bridgehead atoms. The summed E-state index contributed by atoms with van der Waals surface area (Å²) in [5.41, 5.74) is 6.96. The maximum absolute atomic E-state index is 14.0. The first-order chi connectivity index (χ1) is 9.90. The van der Waals surface area contributed by atoms with Gasteiger partial charge in [0.25, 0.3) is 5.91 Å². The second kappa shape index (κ2) is 5.83. The van der Waals surface area contributed by atoms with Crippen molar-refractivity contribution in [3.63, 3.8) is 0 Å². The van der Waals surface area contributed by atoms with Gasteiger partial charge in [-0.25, -0.2) is 4.39 Å². The quantitative estimate of drug-likeness (QED) is 0.882. The second-order valence-corrected chi connectivity index (χ2v) is 4.94. The van der Waals surface area contributed by atoms with E-state index in [0.29, 0.717) is 16.8 Å². The monoisotopic (exact) mass is 288 g/mol. The molecule has 1 amide bonds. The summed E-state index contributed by atoms with van der Waals surface area (Å²) in [7, 11) is 3.27. The molecule has 0 aliphatic rings. The van der Waals surface area contributed by atoms with Gasteiger partial charge in [0, 0.05) is 25.8 Å². The van der Waals surface area contributed by atoms with Gasteiger partial charge in [-0.05, 0) is 30.7 Å². The number of anilines is 1. The van der Waals surface area contributed by atoms with Gasteiger partial charge in [-0.15, -0.1) is 0 Å². The fourth-order valence-corrected chi connectivity index (χ4v) is 1.86. The van der Waals surface area contributed by atoms with Crippen LogP contribution < -0.4 is 10.5 Å². The molecule has 0 spiro atoms. The molecule has 0 heterocycles. The van der Waals surface area contributed by atoms with Crippen LogP contribution in [-0.4, -0.2) is 24.9 Å². The van der Waals surface area contributed by atoms with E-state index in [1.54, 1.807) is 45.3 Å². The predicted octanol–water partition coefficient (Wildman–Crippen LogP) is 3.21. The molecule has 0 aliphatic carbocycles. The van der Waals surface area contributed by atoms with Crippen LogP contribution in [0.2, 0.25) is 0 Å². The van der Waals surface area contributed by atoms with E-state index in [-0.39, 0.29) is 17.4 Å². The molecule has 0 unspecified atom stereocenters. The average molecular weight is 288 g/mol. The smallest absolute Gasteiger partial charge is 0.257 e. The number of halogens is 1. The van der Waals surface area contributed by atoms with Crippen LogP contribution in [0.15, 0.2) is 36.4 Å². The third-order valence-corrected chi connectivity index (χ3v) is 3.02. The molecule has 2 N–H and O–H groups in total. The highest BCUT2D eigenvalue weighted by atomic mass is 19.1. The lowest BCUT2D eigenvalue weighted by atomic mass is 10.1. The minimum Gasteiger partial charge on any atom is -0.453 e. The number of ether oxygens (including phenoxy) is 1. The van der Waals surface area contributed by atoms with Crippen LogP contribution in [-0.2, 0) is 0 Å². The molecule has 5 heteroatoms. The molecule has 0 saturated heterocycles. The summed E-state index contributed by atoms with van der Waals surface area (Å²) < 4.78 is 19.6. The number of hydrogen-bond acceptors (Lipinski definition) is 3. The summed E-state index contributed by atoms with van der Waals surface area (Å²) in [6, 6.07) is 9.53. The van der Waals surface area contributed by atoms with Gasteiger partial charge in [-0.3, -0.25) is 4.79 Å². The van der Waals surface area contributed by atoms with Crippen molar-refractivity contribution in [2.24, 2.45) is 0 Å². The van der Waals surface area contributed by atoms with Gasteiger partial charge in [-0.2, -0.15) is 0 Å². The van der Waals surface area contributed by atoms with E-state index in [9.17, 15) is 9.18 Å². The third kappa shape index (κ3) is 3.13. The molecular weight excluding hydrogens is 271 g/mol. The first-order valence-electron chi connectivity index (χ1n) is 6.44. The van der Waals surface area contributed by atoms with Crippen LogP contribution in [0.25, 0.3) is 0 Å². The van der Waals surface area contributed by atoms with E-state index in [4.69, 9.17) is 10.5 Å². The Morgan fingerprint density at radius 3 is 2.57 bits per heavy atom. The minimum absolute atomic E-state index is 0.0633. The largest absolute Gasteiger partial charge is 0.453 e. The van der Waals surface area contributed by atoms with Crippen molar-refractivity contribution in [3.8, 4) is 11.5 Å². The van der Waals surface area contributed by atoms with Crippen LogP contribution in [0.1, 0.15) is 15.9 Å². The normalized spacial score (nSPS) is 10.3. The Bertz CT molecular complexity index is 684. The Labute approximate surface area is 122 Å². The Morgan fingerprint density at radius 2 is 1.90 bits per heavy atom. The first-order valence-corrected chi connectivity index (χ1v) is 6.44. The molecule has 0 radical (unpaired) electrons. The maximum Gasteiger partial charge on any atom is 0.257 e. The number of nitrogens with zero attached hydrogens (tertiary/aromatic N) is 1. The number of amides is 1. The van der Waals surface area contributed by atoms with Gasteiger partial charge >= 0.3 is 0 Å². The zero-order valence-electron chi connectivity index (χ0n) is 12.2. The summed E-state index contributed by atoms with van der Waals surface area (Å²) in [6.45, 7) is 1.65. The van der Waals surface area contributed by atoms with Crippen molar-refractivity contribution in [2.75, 3.05) is 19.8 Å². The minimum atomic E-state index is -0.455. The number of aryl methyl sites for hydroxylation is 1. The van der Waals surface area contributed by atoms with E-state index in [2.05, 4.69) is 0 Å². The van der Waals surface area contributed by atoms with Crippen LogP contribution in [0, 0.1) is 12.7 Å². The molecular formula is C16H17FN2O2. The number of rotatable bonds is 3. The standard InChI is InChI=1S/C16H17FN2O2/c1-10-5-4-6-13(15(10)17)21-14-9-11(18)7-8-12(14)16(20)19(2)3/h4-9H,18H2,1-3H3. The molecule has 4 nitrogen and oxygen atoms in total. The zero-order valence-corrected chi connectivity index (χ0v) is 12.2. The number of carbonyl (C=O) groups excluding carboxylic acids is 1. The molecule has 21 heavy (non-hydrogen) atoms. The van der Waals surface area contributed by atoms with Crippen LogP contribution in [0.3, 0.4) is 0 Å². The van der Waals surface area contributed by atoms with Gasteiger partial charge in [-0.1, -0.05) is 12.1 Å². The lowest BCUT2D eigenvalue weighted by Crippen LogP contribution is -2.22. The number of nitrogens with two attached hydrogens (primary N) is 1. The van der Waals surface area contributed by atoms with Crippen molar-refractivity contribution in [1.82, 2.24) is 4.90 Å². The Morgan fingerprint density at radius 1 is 1.19 bits per heavy atom. The Balaban J connectivity index is 2.46. The SMILES string of the molecule is Cc1cccc(Oc2cc(N)ccc2C(=O)N(C)C)c1F. The Hall–Kier alpha value is -2.56. The molecule has 110 valence electrons. The highest BCUT2D eigenvalue weighted by molar-refractivity contribution is 5.97. The highest BCUT2D eigenvalue weighted by Gasteiger charge is 2.17. The van der Waals surface area contributed by atoms with Crippen molar-refractivity contribution < 1.29 is 13.9 Å². The van der Waals surface area contributed by atoms with Crippen LogP contribution in [0.4, 0.5) is 10.1 Å². The highest BCUT2D eigenvalue weighted by Crippen LogP contribution is 2.30. The lowest BCUT2D eigenvalue weighted by Gasteiger charge is -2.15. The average Bonchev–Trinajstić information content (AvgIpc) is 2.43. The molecule has 0 fully saturated rings. The fraction of sp³-hybridized carbons (Fsp3) is 0.188. The van der Waals surface area contributed by atoms with Gasteiger partial charge in [0.2, 0.25) is 0 Å². The molecule has 2 aromatic carbocycles. The molecule has 0 atom stereocenters. The first kappa shape index (κ1) is 14.8. The van der Waals surface area contributed by atoms with Gasteiger partial charge in [0.15, 0.2) is 11.6 Å². The van der Waals surface area contributed by atoms with E-state index in [1.807, 2.05) is 0 Å². The van der Waals surface area contributed by atoms with Crippen LogP contribution >= 0.6 is 0 Å². The number of carbonyl (C=O) groups is 1. The zero-order chi connectivity index (χ0) is 15.6. The number of nitrogen functional groups attached to an aromatic ring is 1. The van der Waals surface area contributed by atoms with Gasteiger partial charge in [0.1, 0.15) is 5.75 Å². The molecule has 0 saturated carbocycles. The topological polar surface area (TPSA) is 55.6 Å². The third-order valence-electron chi connectivity index (χ3n) is 3.02. The molecule has 2 aromatic rings. The summed E-state index contributed by atoms with van der Waals surface area (Å²) in [5.74, 6) is -0.396. The van der Waals surface area contributed by atoms with E-state index in [0.717, 1.165) is 0 Å². The fourth-order valence-electron chi connectivity index (χ4n) is 1.86. The summed E-state index contributed by atoms with van der Waals surface area (Å²) in [4.78, 5) is 13.6. The Kier molecular flexibility index (Phi) is 4.12. The van der Waals surface area contributed by atoms with E-state index < -0.39 is 5.82 Å². The second-order valence-electron chi connectivity index (χ2n) is 4.94. The number of benzene rings is 2. The molecule has 0 aliphatic heterocycles. The maximum atomic E-state index is 14.0. The number of hydrogen-bond donors (Lipinski definition) is 1. The van der Waals surface area contributed by atoms with E-state index >= 15 is 0 Å². The molecule has 2 rings (SSSR count). The van der Waals surface area contributed by atoms with Crippen molar-refractivity contribution in [1.29, 1.82) is 0 Å². The van der Waals surface area contributed by atoms with Crippen molar-refractivity contribution >= 4 is 11.6 Å². The summed E-state index contributed by atoms with van der Waals surface area (Å²) in [6.07, 6.45) is 0.